The van der Waals surface area contributed by atoms with Gasteiger partial charge in [0, 0.05) is 5.69 Å². The second-order valence-corrected chi connectivity index (χ2v) is 6.73. The van der Waals surface area contributed by atoms with Gasteiger partial charge in [-0.3, -0.25) is 9.59 Å². The van der Waals surface area contributed by atoms with Gasteiger partial charge in [-0.1, -0.05) is 51.1 Å². The van der Waals surface area contributed by atoms with Gasteiger partial charge in [-0.15, -0.1) is 0 Å². The van der Waals surface area contributed by atoms with Crippen LogP contribution in [0.25, 0.3) is 0 Å². The maximum Gasteiger partial charge on any atom is 0.255 e. The molecule has 0 aliphatic carbocycles. The van der Waals surface area contributed by atoms with E-state index in [1.54, 1.807) is 24.3 Å². The molecule has 2 aromatic carbocycles. The highest BCUT2D eigenvalue weighted by Gasteiger charge is 2.19. The van der Waals surface area contributed by atoms with Crippen LogP contribution in [0.5, 0.6) is 5.75 Å². The SMILES string of the molecule is COc1ccccc1C(=O)NCC(=O)Nc1ccccc1C(C)(C)C. The average molecular weight is 340 g/mol. The standard InChI is InChI=1S/C20H24N2O3/c1-20(2,3)15-10-6-7-11-16(15)22-18(23)13-21-19(24)14-9-5-8-12-17(14)25-4/h5-12H,13H2,1-4H3,(H,21,24)(H,22,23). The van der Waals surface area contributed by atoms with Crippen LogP contribution in [0.4, 0.5) is 5.69 Å². The zero-order chi connectivity index (χ0) is 18.4. The molecule has 0 fully saturated rings. The predicted octanol–water partition coefficient (Wildman–Crippen LogP) is 3.36. The normalized spacial score (nSPS) is 10.9. The molecule has 0 saturated heterocycles. The fourth-order valence-electron chi connectivity index (χ4n) is 2.53. The molecule has 0 atom stereocenters. The van der Waals surface area contributed by atoms with Gasteiger partial charge in [0.05, 0.1) is 19.2 Å². The Morgan fingerprint density at radius 3 is 2.32 bits per heavy atom. The molecule has 0 aliphatic rings. The number of hydrogen-bond donors (Lipinski definition) is 2. The zero-order valence-corrected chi connectivity index (χ0v) is 15.1. The monoisotopic (exact) mass is 340 g/mol. The Morgan fingerprint density at radius 2 is 1.64 bits per heavy atom. The summed E-state index contributed by atoms with van der Waals surface area (Å²) in [6.45, 7) is 6.14. The minimum Gasteiger partial charge on any atom is -0.496 e. The number of ether oxygens (including phenoxy) is 1. The Labute approximate surface area is 148 Å². The smallest absolute Gasteiger partial charge is 0.255 e. The van der Waals surface area contributed by atoms with Gasteiger partial charge in [0.25, 0.3) is 5.91 Å². The summed E-state index contributed by atoms with van der Waals surface area (Å²) >= 11 is 0. The number of methoxy groups -OCH3 is 1. The molecule has 0 aromatic heterocycles. The number of rotatable bonds is 5. The van der Waals surface area contributed by atoms with E-state index in [2.05, 4.69) is 31.4 Å². The molecule has 132 valence electrons. The highest BCUT2D eigenvalue weighted by molar-refractivity contribution is 6.01. The van der Waals surface area contributed by atoms with E-state index in [0.29, 0.717) is 11.3 Å². The van der Waals surface area contributed by atoms with E-state index in [1.165, 1.54) is 7.11 Å². The lowest BCUT2D eigenvalue weighted by atomic mass is 9.86. The van der Waals surface area contributed by atoms with Gasteiger partial charge >= 0.3 is 0 Å². The fraction of sp³-hybridized carbons (Fsp3) is 0.300. The van der Waals surface area contributed by atoms with Crippen LogP contribution in [0.2, 0.25) is 0 Å². The molecule has 0 bridgehead atoms. The molecule has 5 heteroatoms. The average Bonchev–Trinajstić information content (AvgIpc) is 2.59. The number of amides is 2. The number of hydrogen-bond acceptors (Lipinski definition) is 3. The van der Waals surface area contributed by atoms with Crippen molar-refractivity contribution in [3.8, 4) is 5.75 Å². The molecular weight excluding hydrogens is 316 g/mol. The maximum absolute atomic E-state index is 12.2. The van der Waals surface area contributed by atoms with Crippen LogP contribution in [-0.4, -0.2) is 25.5 Å². The first-order valence-electron chi connectivity index (χ1n) is 8.13. The van der Waals surface area contributed by atoms with Gasteiger partial charge in [-0.2, -0.15) is 0 Å². The fourth-order valence-corrected chi connectivity index (χ4v) is 2.53. The van der Waals surface area contributed by atoms with Crippen molar-refractivity contribution < 1.29 is 14.3 Å². The topological polar surface area (TPSA) is 67.4 Å². The summed E-state index contributed by atoms with van der Waals surface area (Å²) in [5, 5.41) is 5.49. The van der Waals surface area contributed by atoms with Gasteiger partial charge < -0.3 is 15.4 Å². The van der Waals surface area contributed by atoms with Crippen molar-refractivity contribution in [2.75, 3.05) is 19.0 Å². The summed E-state index contributed by atoms with van der Waals surface area (Å²) in [6, 6.07) is 14.6. The number of carbonyl (C=O) groups is 2. The Morgan fingerprint density at radius 1 is 1.00 bits per heavy atom. The van der Waals surface area contributed by atoms with Crippen LogP contribution in [0.3, 0.4) is 0 Å². The van der Waals surface area contributed by atoms with Crippen LogP contribution in [0, 0.1) is 0 Å². The highest BCUT2D eigenvalue weighted by atomic mass is 16.5. The molecule has 0 aliphatic heterocycles. The first-order chi connectivity index (χ1) is 11.8. The van der Waals surface area contributed by atoms with E-state index in [9.17, 15) is 9.59 Å². The minimum absolute atomic E-state index is 0.0927. The van der Waals surface area contributed by atoms with Gasteiger partial charge in [0.2, 0.25) is 5.91 Å². The molecule has 0 spiro atoms. The summed E-state index contributed by atoms with van der Waals surface area (Å²) in [7, 11) is 1.50. The van der Waals surface area contributed by atoms with Crippen molar-refractivity contribution in [1.29, 1.82) is 0 Å². The summed E-state index contributed by atoms with van der Waals surface area (Å²) in [5.74, 6) is -0.157. The van der Waals surface area contributed by atoms with Crippen molar-refractivity contribution in [3.63, 3.8) is 0 Å². The summed E-state index contributed by atoms with van der Waals surface area (Å²) in [6.07, 6.45) is 0. The lowest BCUT2D eigenvalue weighted by molar-refractivity contribution is -0.115. The third-order valence-corrected chi connectivity index (χ3v) is 3.77. The second kappa shape index (κ2) is 7.83. The Kier molecular flexibility index (Phi) is 5.80. The van der Waals surface area contributed by atoms with Gasteiger partial charge in [0.15, 0.2) is 0 Å². The van der Waals surface area contributed by atoms with Gasteiger partial charge in [-0.25, -0.2) is 0 Å². The Bertz CT molecular complexity index is 764. The van der Waals surface area contributed by atoms with E-state index in [1.807, 2.05) is 24.3 Å². The molecule has 25 heavy (non-hydrogen) atoms. The number of benzene rings is 2. The molecule has 0 saturated carbocycles. The van der Waals surface area contributed by atoms with Crippen molar-refractivity contribution in [2.45, 2.75) is 26.2 Å². The zero-order valence-electron chi connectivity index (χ0n) is 15.1. The molecule has 5 nitrogen and oxygen atoms in total. The molecule has 2 N–H and O–H groups in total. The maximum atomic E-state index is 12.2. The van der Waals surface area contributed by atoms with Gasteiger partial charge in [-0.05, 0) is 29.2 Å². The Hall–Kier alpha value is -2.82. The second-order valence-electron chi connectivity index (χ2n) is 6.73. The van der Waals surface area contributed by atoms with Crippen molar-refractivity contribution in [2.24, 2.45) is 0 Å². The van der Waals surface area contributed by atoms with Crippen molar-refractivity contribution in [1.82, 2.24) is 5.32 Å². The minimum atomic E-state index is -0.350. The number of para-hydroxylation sites is 2. The van der Waals surface area contributed by atoms with Crippen molar-refractivity contribution >= 4 is 17.5 Å². The quantitative estimate of drug-likeness (QED) is 0.877. The lowest BCUT2D eigenvalue weighted by Gasteiger charge is -2.23. The summed E-state index contributed by atoms with van der Waals surface area (Å²) in [5.41, 5.74) is 2.10. The molecule has 0 radical (unpaired) electrons. The van der Waals surface area contributed by atoms with Crippen LogP contribution in [-0.2, 0) is 10.2 Å². The summed E-state index contributed by atoms with van der Waals surface area (Å²) < 4.78 is 5.16. The molecule has 0 heterocycles. The van der Waals surface area contributed by atoms with E-state index in [4.69, 9.17) is 4.74 Å². The highest BCUT2D eigenvalue weighted by Crippen LogP contribution is 2.29. The van der Waals surface area contributed by atoms with Crippen molar-refractivity contribution in [3.05, 3.63) is 59.7 Å². The molecule has 2 amide bonds. The first-order valence-corrected chi connectivity index (χ1v) is 8.13. The van der Waals surface area contributed by atoms with E-state index >= 15 is 0 Å². The largest absolute Gasteiger partial charge is 0.496 e. The number of carbonyl (C=O) groups excluding carboxylic acids is 2. The van der Waals surface area contributed by atoms with Crippen LogP contribution in [0.15, 0.2) is 48.5 Å². The van der Waals surface area contributed by atoms with Crippen LogP contribution in [0.1, 0.15) is 36.7 Å². The predicted molar refractivity (Wildman–Crippen MR) is 99.1 cm³/mol. The third-order valence-electron chi connectivity index (χ3n) is 3.77. The molecule has 2 rings (SSSR count). The van der Waals surface area contributed by atoms with E-state index in [0.717, 1.165) is 11.3 Å². The van der Waals surface area contributed by atoms with E-state index < -0.39 is 0 Å². The molecular formula is C20H24N2O3. The molecule has 2 aromatic rings. The van der Waals surface area contributed by atoms with E-state index in [-0.39, 0.29) is 23.8 Å². The Balaban J connectivity index is 2.01. The van der Waals surface area contributed by atoms with Gasteiger partial charge in [0.1, 0.15) is 5.75 Å². The molecule has 0 unspecified atom stereocenters. The number of nitrogens with one attached hydrogen (secondary N) is 2. The third kappa shape index (κ3) is 4.83. The summed E-state index contributed by atoms with van der Waals surface area (Å²) in [4.78, 5) is 24.5. The number of anilines is 1. The lowest BCUT2D eigenvalue weighted by Crippen LogP contribution is -2.33. The van der Waals surface area contributed by atoms with Crippen LogP contribution >= 0.6 is 0 Å². The van der Waals surface area contributed by atoms with Crippen LogP contribution < -0.4 is 15.4 Å². The first kappa shape index (κ1) is 18.5.